The van der Waals surface area contributed by atoms with Crippen molar-refractivity contribution in [3.8, 4) is 0 Å². The van der Waals surface area contributed by atoms with Gasteiger partial charge in [0, 0.05) is 26.1 Å². The number of anilines is 2. The first-order valence-electron chi connectivity index (χ1n) is 11.9. The predicted molar refractivity (Wildman–Crippen MR) is 142 cm³/mol. The van der Waals surface area contributed by atoms with Crippen molar-refractivity contribution in [1.29, 1.82) is 0 Å². The molecule has 1 unspecified atom stereocenters. The van der Waals surface area contributed by atoms with Crippen LogP contribution in [0.2, 0.25) is 10.7 Å². The molecular formula is C24H31BClN3O5S. The number of carbonyl (C=O) groups excluding carboxylic acids is 3. The van der Waals surface area contributed by atoms with Crippen LogP contribution in [0, 0.1) is 0 Å². The van der Waals surface area contributed by atoms with Gasteiger partial charge in [-0.05, 0) is 50.4 Å². The van der Waals surface area contributed by atoms with Crippen molar-refractivity contribution < 1.29 is 24.2 Å². The van der Waals surface area contributed by atoms with E-state index >= 15 is 0 Å². The average molecular weight is 520 g/mol. The summed E-state index contributed by atoms with van der Waals surface area (Å²) in [5.41, 5.74) is 2.62. The Bertz CT molecular complexity index is 1030. The van der Waals surface area contributed by atoms with E-state index in [-0.39, 0.29) is 37.2 Å². The summed E-state index contributed by atoms with van der Waals surface area (Å²) in [4.78, 5) is 39.0. The van der Waals surface area contributed by atoms with E-state index < -0.39 is 6.10 Å². The highest BCUT2D eigenvalue weighted by molar-refractivity contribution is 7.18. The fourth-order valence-electron chi connectivity index (χ4n) is 3.90. The molecule has 0 spiro atoms. The van der Waals surface area contributed by atoms with Crippen LogP contribution in [0.1, 0.15) is 42.3 Å². The molecule has 1 aromatic carbocycles. The van der Waals surface area contributed by atoms with Crippen LogP contribution >= 0.6 is 22.9 Å². The maximum Gasteiger partial charge on any atom is 0.306 e. The molecule has 2 aromatic rings. The maximum atomic E-state index is 12.5. The molecule has 2 amide bonds. The van der Waals surface area contributed by atoms with E-state index in [1.54, 1.807) is 19.1 Å². The molecule has 35 heavy (non-hydrogen) atoms. The number of nitrogens with one attached hydrogen (secondary N) is 2. The van der Waals surface area contributed by atoms with E-state index in [4.69, 9.17) is 16.3 Å². The van der Waals surface area contributed by atoms with Gasteiger partial charge in [-0.25, -0.2) is 0 Å². The molecular weight excluding hydrogens is 489 g/mol. The van der Waals surface area contributed by atoms with E-state index in [1.807, 2.05) is 18.2 Å². The lowest BCUT2D eigenvalue weighted by Crippen LogP contribution is -2.33. The number of nitrogens with zero attached hydrogens (tertiary/aromatic N) is 1. The van der Waals surface area contributed by atoms with Gasteiger partial charge in [-0.3, -0.25) is 14.4 Å². The predicted octanol–water partition coefficient (Wildman–Crippen LogP) is 2.55. The molecule has 11 heteroatoms. The highest BCUT2D eigenvalue weighted by Crippen LogP contribution is 2.28. The first-order valence-corrected chi connectivity index (χ1v) is 13.1. The largest absolute Gasteiger partial charge is 0.466 e. The molecule has 3 N–H and O–H groups in total. The van der Waals surface area contributed by atoms with E-state index in [1.165, 1.54) is 11.3 Å². The quantitative estimate of drug-likeness (QED) is 0.294. The number of hydrogen-bond donors (Lipinski definition) is 3. The third kappa shape index (κ3) is 8.56. The molecule has 1 aliphatic heterocycles. The van der Waals surface area contributed by atoms with Crippen molar-refractivity contribution in [2.75, 3.05) is 36.5 Å². The number of benzene rings is 1. The molecule has 3 rings (SSSR count). The molecule has 188 valence electrons. The van der Waals surface area contributed by atoms with Gasteiger partial charge < -0.3 is 25.4 Å². The number of amides is 2. The lowest BCUT2D eigenvalue weighted by Gasteiger charge is -2.22. The first kappa shape index (κ1) is 27.0. The molecule has 1 fully saturated rings. The van der Waals surface area contributed by atoms with Crippen molar-refractivity contribution >= 4 is 64.8 Å². The molecule has 0 aliphatic carbocycles. The number of ether oxygens (including phenoxy) is 1. The molecule has 8 nitrogen and oxygen atoms in total. The van der Waals surface area contributed by atoms with Crippen molar-refractivity contribution in [3.63, 3.8) is 0 Å². The summed E-state index contributed by atoms with van der Waals surface area (Å²) in [6.07, 6.45) is 2.03. The van der Waals surface area contributed by atoms with Gasteiger partial charge in [-0.15, -0.1) is 11.3 Å². The van der Waals surface area contributed by atoms with Crippen LogP contribution in [-0.4, -0.2) is 62.5 Å². The van der Waals surface area contributed by atoms with E-state index in [0.29, 0.717) is 35.1 Å². The first-order chi connectivity index (χ1) is 16.9. The Morgan fingerprint density at radius 3 is 2.66 bits per heavy atom. The second-order valence-corrected chi connectivity index (χ2v) is 10.1. The fraction of sp³-hybridized carbons (Fsp3) is 0.458. The minimum Gasteiger partial charge on any atom is -0.466 e. The van der Waals surface area contributed by atoms with Gasteiger partial charge in [0.1, 0.15) is 0 Å². The SMILES string of the molecule is CCOC(=O)CCC(=O)Nc1cc(BCC(O)CNC(=O)c2ccc(Cl)s2)ccc1N1CCCC1. The van der Waals surface area contributed by atoms with Crippen LogP contribution in [0.5, 0.6) is 0 Å². The zero-order chi connectivity index (χ0) is 25.2. The third-order valence-corrected chi connectivity index (χ3v) is 6.93. The van der Waals surface area contributed by atoms with E-state index in [2.05, 4.69) is 15.5 Å². The van der Waals surface area contributed by atoms with Crippen molar-refractivity contribution in [3.05, 3.63) is 39.5 Å². The van der Waals surface area contributed by atoms with Crippen molar-refractivity contribution in [1.82, 2.24) is 5.32 Å². The van der Waals surface area contributed by atoms with E-state index in [0.717, 1.165) is 37.1 Å². The molecule has 0 saturated carbocycles. The lowest BCUT2D eigenvalue weighted by atomic mass is 9.65. The van der Waals surface area contributed by atoms with Gasteiger partial charge in [0.15, 0.2) is 7.28 Å². The number of aliphatic hydroxyl groups is 1. The monoisotopic (exact) mass is 519 g/mol. The van der Waals surface area contributed by atoms with Crippen molar-refractivity contribution in [2.24, 2.45) is 0 Å². The number of hydrogen-bond acceptors (Lipinski definition) is 7. The normalized spacial score (nSPS) is 13.9. The number of thiophene rings is 1. The van der Waals surface area contributed by atoms with Gasteiger partial charge >= 0.3 is 5.97 Å². The summed E-state index contributed by atoms with van der Waals surface area (Å²) >= 11 is 7.06. The second kappa shape index (κ2) is 13.5. The van der Waals surface area contributed by atoms with Crippen LogP contribution < -0.4 is 21.0 Å². The third-order valence-electron chi connectivity index (χ3n) is 5.70. The molecule has 0 radical (unpaired) electrons. The summed E-state index contributed by atoms with van der Waals surface area (Å²) < 4.78 is 5.44. The zero-order valence-corrected chi connectivity index (χ0v) is 21.4. The molecule has 0 bridgehead atoms. The number of halogens is 1. The number of rotatable bonds is 12. The molecule has 1 atom stereocenters. The van der Waals surface area contributed by atoms with Crippen LogP contribution in [0.3, 0.4) is 0 Å². The average Bonchev–Trinajstić information content (AvgIpc) is 3.52. The summed E-state index contributed by atoms with van der Waals surface area (Å²) in [6, 6.07) is 9.24. The fourth-order valence-corrected chi connectivity index (χ4v) is 4.86. The van der Waals surface area contributed by atoms with Crippen LogP contribution in [0.25, 0.3) is 0 Å². The summed E-state index contributed by atoms with van der Waals surface area (Å²) in [5.74, 6) is -0.893. The lowest BCUT2D eigenvalue weighted by molar-refractivity contribution is -0.144. The summed E-state index contributed by atoms with van der Waals surface area (Å²) in [7, 11) is 0.577. The topological polar surface area (TPSA) is 108 Å². The van der Waals surface area contributed by atoms with Gasteiger partial charge in [0.2, 0.25) is 5.91 Å². The Kier molecular flexibility index (Phi) is 10.4. The molecule has 1 aliphatic rings. The number of esters is 1. The van der Waals surface area contributed by atoms with Crippen molar-refractivity contribution in [2.45, 2.75) is 45.0 Å². The summed E-state index contributed by atoms with van der Waals surface area (Å²) in [6.45, 7) is 4.02. The van der Waals surface area contributed by atoms with Gasteiger partial charge in [-0.1, -0.05) is 23.1 Å². The van der Waals surface area contributed by atoms with Crippen LogP contribution in [-0.2, 0) is 14.3 Å². The highest BCUT2D eigenvalue weighted by Gasteiger charge is 2.19. The maximum absolute atomic E-state index is 12.5. The molecule has 1 aromatic heterocycles. The summed E-state index contributed by atoms with van der Waals surface area (Å²) in [5, 5.41) is 16.0. The van der Waals surface area contributed by atoms with Gasteiger partial charge in [0.05, 0.1) is 39.7 Å². The smallest absolute Gasteiger partial charge is 0.306 e. The van der Waals surface area contributed by atoms with Gasteiger partial charge in [0.25, 0.3) is 5.91 Å². The van der Waals surface area contributed by atoms with Gasteiger partial charge in [-0.2, -0.15) is 0 Å². The Balaban J connectivity index is 1.57. The molecule has 1 saturated heterocycles. The number of aliphatic hydroxyl groups excluding tert-OH is 1. The Morgan fingerprint density at radius 2 is 1.97 bits per heavy atom. The Labute approximate surface area is 215 Å². The van der Waals surface area contributed by atoms with Crippen LogP contribution in [0.15, 0.2) is 30.3 Å². The standard InChI is InChI=1S/C24H31BClN3O5S/c1-2-34-23(32)10-9-22(31)28-18-13-16(5-6-19(18)29-11-3-4-12-29)25-14-17(30)15-27-24(33)20-7-8-21(26)35-20/h5-8,13,17,25,30H,2-4,9-12,14-15H2,1H3,(H,27,33)(H,28,31). The number of carbonyl (C=O) groups is 3. The second-order valence-electron chi connectivity index (χ2n) is 8.41. The van der Waals surface area contributed by atoms with E-state index in [9.17, 15) is 19.5 Å². The Morgan fingerprint density at radius 1 is 1.20 bits per heavy atom. The molecule has 2 heterocycles. The minimum absolute atomic E-state index is 0.0357. The van der Waals surface area contributed by atoms with Crippen LogP contribution in [0.4, 0.5) is 11.4 Å². The Hall–Kier alpha value is -2.56. The minimum atomic E-state index is -0.713. The highest BCUT2D eigenvalue weighted by atomic mass is 35.5. The zero-order valence-electron chi connectivity index (χ0n) is 19.8.